The molecule has 2 aromatic carbocycles. The van der Waals surface area contributed by atoms with Crippen molar-refractivity contribution in [1.29, 1.82) is 0 Å². The summed E-state index contributed by atoms with van der Waals surface area (Å²) >= 11 is 0. The first-order valence-corrected chi connectivity index (χ1v) is 10.1. The second kappa shape index (κ2) is 11.8. The van der Waals surface area contributed by atoms with Crippen molar-refractivity contribution in [1.82, 2.24) is 10.2 Å². The minimum absolute atomic E-state index is 0.00229. The molecule has 0 aromatic heterocycles. The first-order valence-electron chi connectivity index (χ1n) is 10.1. The Bertz CT molecular complexity index is 839. The first-order chi connectivity index (χ1) is 14.5. The van der Waals surface area contributed by atoms with Crippen LogP contribution < -0.4 is 15.4 Å². The maximum absolute atomic E-state index is 12.4. The van der Waals surface area contributed by atoms with Crippen molar-refractivity contribution >= 4 is 17.3 Å². The Morgan fingerprint density at radius 2 is 1.90 bits per heavy atom. The van der Waals surface area contributed by atoms with Crippen LogP contribution >= 0.6 is 0 Å². The molecule has 0 bridgehead atoms. The predicted molar refractivity (Wildman–Crippen MR) is 118 cm³/mol. The molecular formula is C22H30N4O4. The second-order valence-electron chi connectivity index (χ2n) is 6.77. The summed E-state index contributed by atoms with van der Waals surface area (Å²) in [5.41, 5.74) is 1.49. The zero-order valence-electron chi connectivity index (χ0n) is 17.8. The lowest BCUT2D eigenvalue weighted by molar-refractivity contribution is -0.384. The summed E-state index contributed by atoms with van der Waals surface area (Å²) in [6, 6.07) is 14.3. The molecule has 8 nitrogen and oxygen atoms in total. The molecule has 0 aliphatic heterocycles. The molecule has 0 spiro atoms. The number of nitrogens with one attached hydrogen (secondary N) is 2. The fourth-order valence-corrected chi connectivity index (χ4v) is 3.36. The van der Waals surface area contributed by atoms with Crippen LogP contribution in [0.5, 0.6) is 5.75 Å². The summed E-state index contributed by atoms with van der Waals surface area (Å²) in [5, 5.41) is 17.0. The van der Waals surface area contributed by atoms with E-state index < -0.39 is 4.92 Å². The molecule has 0 fully saturated rings. The molecule has 0 radical (unpaired) electrons. The van der Waals surface area contributed by atoms with Gasteiger partial charge in [-0.25, -0.2) is 0 Å². The number of para-hydroxylation sites is 2. The van der Waals surface area contributed by atoms with Crippen LogP contribution in [-0.2, 0) is 4.79 Å². The third-order valence-electron chi connectivity index (χ3n) is 4.99. The Morgan fingerprint density at radius 3 is 2.57 bits per heavy atom. The topological polar surface area (TPSA) is 96.7 Å². The molecular weight excluding hydrogens is 384 g/mol. The molecule has 1 atom stereocenters. The summed E-state index contributed by atoms with van der Waals surface area (Å²) in [5.74, 6) is 0.672. The molecule has 0 aliphatic rings. The Balaban J connectivity index is 1.95. The van der Waals surface area contributed by atoms with Crippen molar-refractivity contribution in [2.75, 3.05) is 38.6 Å². The van der Waals surface area contributed by atoms with Gasteiger partial charge < -0.3 is 15.4 Å². The summed E-state index contributed by atoms with van der Waals surface area (Å²) < 4.78 is 5.34. The Morgan fingerprint density at radius 1 is 1.17 bits per heavy atom. The number of benzene rings is 2. The largest absolute Gasteiger partial charge is 0.497 e. The van der Waals surface area contributed by atoms with Crippen LogP contribution in [0.2, 0.25) is 0 Å². The van der Waals surface area contributed by atoms with Crippen molar-refractivity contribution < 1.29 is 14.5 Å². The highest BCUT2D eigenvalue weighted by Gasteiger charge is 2.19. The highest BCUT2D eigenvalue weighted by Crippen LogP contribution is 2.24. The molecule has 8 heteroatoms. The minimum atomic E-state index is -0.439. The van der Waals surface area contributed by atoms with Crippen molar-refractivity contribution in [3.05, 3.63) is 64.2 Å². The monoisotopic (exact) mass is 414 g/mol. The number of rotatable bonds is 12. The summed E-state index contributed by atoms with van der Waals surface area (Å²) in [7, 11) is 1.64. The van der Waals surface area contributed by atoms with Gasteiger partial charge in [-0.1, -0.05) is 38.1 Å². The number of anilines is 1. The summed E-state index contributed by atoms with van der Waals surface area (Å²) in [4.78, 5) is 25.3. The second-order valence-corrected chi connectivity index (χ2v) is 6.77. The lowest BCUT2D eigenvalue weighted by atomic mass is 10.0. The maximum Gasteiger partial charge on any atom is 0.292 e. The standard InChI is InChI=1S/C22H30N4O4/c1-4-25(5-2)21(17-9-8-10-18(15-17)30-3)16-24-22(27)13-14-23-19-11-6-7-12-20(19)26(28)29/h6-12,15,21,23H,4-5,13-14,16H2,1-3H3,(H,24,27). The van der Waals surface area contributed by atoms with E-state index in [2.05, 4.69) is 29.4 Å². The number of likely N-dealkylation sites (N-methyl/N-ethyl adjacent to an activating group) is 1. The van der Waals surface area contributed by atoms with Crippen LogP contribution in [-0.4, -0.2) is 49.0 Å². The smallest absolute Gasteiger partial charge is 0.292 e. The van der Waals surface area contributed by atoms with E-state index in [-0.39, 0.29) is 24.1 Å². The third kappa shape index (κ3) is 6.45. The van der Waals surface area contributed by atoms with Crippen molar-refractivity contribution in [2.45, 2.75) is 26.3 Å². The summed E-state index contributed by atoms with van der Waals surface area (Å²) in [6.45, 7) is 6.68. The molecule has 1 amide bonds. The normalized spacial score (nSPS) is 11.7. The quantitative estimate of drug-likeness (QED) is 0.407. The lowest BCUT2D eigenvalue weighted by Gasteiger charge is -2.30. The van der Waals surface area contributed by atoms with E-state index >= 15 is 0 Å². The zero-order valence-corrected chi connectivity index (χ0v) is 17.8. The number of ether oxygens (including phenoxy) is 1. The molecule has 0 saturated carbocycles. The molecule has 0 aliphatic carbocycles. The molecule has 162 valence electrons. The van der Waals surface area contributed by atoms with Crippen LogP contribution in [0.15, 0.2) is 48.5 Å². The Hall–Kier alpha value is -3.13. The Kier molecular flexibility index (Phi) is 9.08. The van der Waals surface area contributed by atoms with E-state index in [1.165, 1.54) is 6.07 Å². The molecule has 2 rings (SSSR count). The van der Waals surface area contributed by atoms with Gasteiger partial charge in [0.15, 0.2) is 0 Å². The van der Waals surface area contributed by atoms with E-state index in [0.717, 1.165) is 24.4 Å². The maximum atomic E-state index is 12.4. The SMILES string of the molecule is CCN(CC)C(CNC(=O)CCNc1ccccc1[N+](=O)[O-])c1cccc(OC)c1. The van der Waals surface area contributed by atoms with E-state index in [1.807, 2.05) is 24.3 Å². The average molecular weight is 415 g/mol. The molecule has 0 heterocycles. The molecule has 2 aromatic rings. The third-order valence-corrected chi connectivity index (χ3v) is 4.99. The van der Waals surface area contributed by atoms with Crippen LogP contribution in [0.4, 0.5) is 11.4 Å². The fourth-order valence-electron chi connectivity index (χ4n) is 3.36. The first kappa shape index (κ1) is 23.2. The van der Waals surface area contributed by atoms with Gasteiger partial charge in [0.25, 0.3) is 5.69 Å². The molecule has 0 saturated heterocycles. The van der Waals surface area contributed by atoms with Crippen LogP contribution in [0.3, 0.4) is 0 Å². The molecule has 30 heavy (non-hydrogen) atoms. The van der Waals surface area contributed by atoms with Crippen molar-refractivity contribution in [3.8, 4) is 5.75 Å². The number of carbonyl (C=O) groups is 1. The van der Waals surface area contributed by atoms with Gasteiger partial charge in [-0.05, 0) is 36.9 Å². The predicted octanol–water partition coefficient (Wildman–Crippen LogP) is 3.60. The number of hydrogen-bond acceptors (Lipinski definition) is 6. The van der Waals surface area contributed by atoms with Gasteiger partial charge in [-0.2, -0.15) is 0 Å². The van der Waals surface area contributed by atoms with Gasteiger partial charge in [-0.3, -0.25) is 19.8 Å². The van der Waals surface area contributed by atoms with Crippen LogP contribution in [0.25, 0.3) is 0 Å². The highest BCUT2D eigenvalue weighted by molar-refractivity contribution is 5.76. The number of methoxy groups -OCH3 is 1. The highest BCUT2D eigenvalue weighted by atomic mass is 16.6. The molecule has 1 unspecified atom stereocenters. The van der Waals surface area contributed by atoms with Crippen molar-refractivity contribution in [3.63, 3.8) is 0 Å². The number of nitro groups is 1. The minimum Gasteiger partial charge on any atom is -0.497 e. The van der Waals surface area contributed by atoms with Crippen molar-refractivity contribution in [2.24, 2.45) is 0 Å². The average Bonchev–Trinajstić information content (AvgIpc) is 2.76. The van der Waals surface area contributed by atoms with Gasteiger partial charge in [0, 0.05) is 25.6 Å². The van der Waals surface area contributed by atoms with E-state index in [1.54, 1.807) is 25.3 Å². The Labute approximate surface area is 177 Å². The number of hydrogen-bond donors (Lipinski definition) is 2. The number of nitro benzene ring substituents is 1. The van der Waals surface area contributed by atoms with E-state index in [9.17, 15) is 14.9 Å². The molecule has 2 N–H and O–H groups in total. The fraction of sp³-hybridized carbons (Fsp3) is 0.409. The summed E-state index contributed by atoms with van der Waals surface area (Å²) in [6.07, 6.45) is 0.217. The number of nitrogens with zero attached hydrogens (tertiary/aromatic N) is 2. The van der Waals surface area contributed by atoms with E-state index in [0.29, 0.717) is 18.8 Å². The van der Waals surface area contributed by atoms with Crippen LogP contribution in [0, 0.1) is 10.1 Å². The van der Waals surface area contributed by atoms with Gasteiger partial charge in [0.05, 0.1) is 18.1 Å². The lowest BCUT2D eigenvalue weighted by Crippen LogP contribution is -2.38. The van der Waals surface area contributed by atoms with Gasteiger partial charge in [-0.15, -0.1) is 0 Å². The van der Waals surface area contributed by atoms with Crippen LogP contribution in [0.1, 0.15) is 31.9 Å². The van der Waals surface area contributed by atoms with Gasteiger partial charge in [0.2, 0.25) is 5.91 Å². The number of carbonyl (C=O) groups excluding carboxylic acids is 1. The van der Waals surface area contributed by atoms with Gasteiger partial charge >= 0.3 is 0 Å². The van der Waals surface area contributed by atoms with E-state index in [4.69, 9.17) is 4.74 Å². The zero-order chi connectivity index (χ0) is 21.9. The number of amides is 1. The van der Waals surface area contributed by atoms with Gasteiger partial charge in [0.1, 0.15) is 11.4 Å².